The lowest BCUT2D eigenvalue weighted by Gasteiger charge is -2.12. The summed E-state index contributed by atoms with van der Waals surface area (Å²) in [6, 6.07) is 7.05. The minimum Gasteiger partial charge on any atom is -0.321 e. The lowest BCUT2D eigenvalue weighted by Crippen LogP contribution is -2.13. The number of hydrogen-bond acceptors (Lipinski definition) is 3. The van der Waals surface area contributed by atoms with Crippen molar-refractivity contribution < 1.29 is 18.0 Å². The van der Waals surface area contributed by atoms with E-state index >= 15 is 0 Å². The minimum absolute atomic E-state index is 0.0673. The topological polar surface area (TPSA) is 42.0 Å². The summed E-state index contributed by atoms with van der Waals surface area (Å²) in [6.07, 6.45) is 2.66. The molecule has 0 radical (unpaired) electrons. The Balaban J connectivity index is 2.24. The predicted molar refractivity (Wildman–Crippen MR) is 75.6 cm³/mol. The quantitative estimate of drug-likeness (QED) is 0.835. The van der Waals surface area contributed by atoms with E-state index in [9.17, 15) is 18.0 Å². The van der Waals surface area contributed by atoms with Crippen molar-refractivity contribution in [1.82, 2.24) is 4.98 Å². The number of rotatable bonds is 3. The molecule has 8 heteroatoms. The van der Waals surface area contributed by atoms with E-state index in [1.54, 1.807) is 0 Å². The Morgan fingerprint density at radius 2 is 1.95 bits per heavy atom. The number of hydrogen-bond donors (Lipinski definition) is 1. The average molecular weight is 333 g/mol. The van der Waals surface area contributed by atoms with Crippen molar-refractivity contribution in [3.63, 3.8) is 0 Å². The standard InChI is InChI=1S/C13H8ClF3N2OS/c14-9-7-18-6-5-8(9)12(20)19-10-3-1-2-4-11(10)21-13(15,16)17/h1-7H,(H,19,20). The molecule has 1 aromatic carbocycles. The number of pyridine rings is 1. The molecule has 0 aliphatic rings. The largest absolute Gasteiger partial charge is 0.446 e. The normalized spacial score (nSPS) is 11.2. The van der Waals surface area contributed by atoms with Crippen LogP contribution < -0.4 is 5.32 Å². The van der Waals surface area contributed by atoms with Crippen LogP contribution in [-0.2, 0) is 0 Å². The molecule has 21 heavy (non-hydrogen) atoms. The fourth-order valence-electron chi connectivity index (χ4n) is 1.53. The number of carbonyl (C=O) groups is 1. The molecule has 0 aliphatic carbocycles. The monoisotopic (exact) mass is 332 g/mol. The molecule has 3 nitrogen and oxygen atoms in total. The van der Waals surface area contributed by atoms with Crippen LogP contribution in [0, 0.1) is 0 Å². The second kappa shape index (κ2) is 6.36. The van der Waals surface area contributed by atoms with Crippen molar-refractivity contribution in [1.29, 1.82) is 0 Å². The SMILES string of the molecule is O=C(Nc1ccccc1SC(F)(F)F)c1ccncc1Cl. The minimum atomic E-state index is -4.44. The van der Waals surface area contributed by atoms with Gasteiger partial charge >= 0.3 is 5.51 Å². The zero-order valence-electron chi connectivity index (χ0n) is 10.3. The van der Waals surface area contributed by atoms with Gasteiger partial charge in [-0.05, 0) is 30.0 Å². The van der Waals surface area contributed by atoms with Crippen LogP contribution in [0.15, 0.2) is 47.6 Å². The van der Waals surface area contributed by atoms with Gasteiger partial charge in [0.05, 0.1) is 16.3 Å². The Morgan fingerprint density at radius 3 is 2.62 bits per heavy atom. The Bertz CT molecular complexity index is 664. The van der Waals surface area contributed by atoms with Gasteiger partial charge in [-0.25, -0.2) is 0 Å². The van der Waals surface area contributed by atoms with Crippen LogP contribution in [0.3, 0.4) is 0 Å². The first kappa shape index (κ1) is 15.7. The number of benzene rings is 1. The van der Waals surface area contributed by atoms with Gasteiger partial charge in [0, 0.05) is 17.3 Å². The van der Waals surface area contributed by atoms with Gasteiger partial charge < -0.3 is 5.32 Å². The van der Waals surface area contributed by atoms with E-state index in [-0.39, 0.29) is 32.9 Å². The lowest BCUT2D eigenvalue weighted by molar-refractivity contribution is -0.0328. The third-order valence-corrected chi connectivity index (χ3v) is 3.49. The number of nitrogens with one attached hydrogen (secondary N) is 1. The Morgan fingerprint density at radius 1 is 1.24 bits per heavy atom. The number of halogens is 4. The molecular weight excluding hydrogens is 325 g/mol. The summed E-state index contributed by atoms with van der Waals surface area (Å²) in [6.45, 7) is 0. The molecule has 0 atom stereocenters. The molecule has 1 N–H and O–H groups in total. The summed E-state index contributed by atoms with van der Waals surface area (Å²) in [5.41, 5.74) is -4.23. The van der Waals surface area contributed by atoms with Crippen LogP contribution in [0.5, 0.6) is 0 Å². The van der Waals surface area contributed by atoms with E-state index in [1.807, 2.05) is 0 Å². The summed E-state index contributed by atoms with van der Waals surface area (Å²) in [5, 5.41) is 2.54. The molecule has 0 saturated carbocycles. The van der Waals surface area contributed by atoms with Crippen molar-refractivity contribution >= 4 is 35.0 Å². The van der Waals surface area contributed by atoms with Crippen molar-refractivity contribution in [2.24, 2.45) is 0 Å². The van der Waals surface area contributed by atoms with Crippen molar-refractivity contribution in [3.05, 3.63) is 53.3 Å². The summed E-state index contributed by atoms with van der Waals surface area (Å²) >= 11 is 5.53. The van der Waals surface area contributed by atoms with Crippen LogP contribution in [-0.4, -0.2) is 16.4 Å². The van der Waals surface area contributed by atoms with E-state index in [0.717, 1.165) is 0 Å². The van der Waals surface area contributed by atoms with E-state index in [2.05, 4.69) is 10.3 Å². The number of aromatic nitrogens is 1. The Labute approximate surface area is 127 Å². The molecule has 0 aliphatic heterocycles. The van der Waals surface area contributed by atoms with Crippen molar-refractivity contribution in [2.75, 3.05) is 5.32 Å². The summed E-state index contributed by atoms with van der Waals surface area (Å²) in [4.78, 5) is 15.7. The van der Waals surface area contributed by atoms with E-state index in [1.165, 1.54) is 42.7 Å². The second-order valence-electron chi connectivity index (χ2n) is 3.85. The molecule has 0 spiro atoms. The number of carbonyl (C=O) groups excluding carboxylic acids is 1. The van der Waals surface area contributed by atoms with Gasteiger partial charge in [0.2, 0.25) is 0 Å². The highest BCUT2D eigenvalue weighted by Crippen LogP contribution is 2.40. The van der Waals surface area contributed by atoms with Gasteiger partial charge in [-0.3, -0.25) is 9.78 Å². The highest BCUT2D eigenvalue weighted by molar-refractivity contribution is 8.00. The maximum absolute atomic E-state index is 12.5. The van der Waals surface area contributed by atoms with E-state index in [0.29, 0.717) is 0 Å². The van der Waals surface area contributed by atoms with Crippen molar-refractivity contribution in [2.45, 2.75) is 10.4 Å². The van der Waals surface area contributed by atoms with Crippen LogP contribution in [0.4, 0.5) is 18.9 Å². The number of anilines is 1. The summed E-state index contributed by atoms with van der Waals surface area (Å²) in [7, 11) is 0. The fourth-order valence-corrected chi connectivity index (χ4v) is 2.36. The van der Waals surface area contributed by atoms with Crippen LogP contribution in [0.2, 0.25) is 5.02 Å². The van der Waals surface area contributed by atoms with Gasteiger partial charge in [0.25, 0.3) is 5.91 Å². The van der Waals surface area contributed by atoms with Crippen molar-refractivity contribution in [3.8, 4) is 0 Å². The number of amides is 1. The maximum atomic E-state index is 12.5. The third-order valence-electron chi connectivity index (χ3n) is 2.38. The van der Waals surface area contributed by atoms with Crippen LogP contribution in [0.1, 0.15) is 10.4 Å². The number of thioether (sulfide) groups is 1. The number of nitrogens with zero attached hydrogens (tertiary/aromatic N) is 1. The Hall–Kier alpha value is -1.73. The van der Waals surface area contributed by atoms with E-state index < -0.39 is 11.4 Å². The molecule has 0 saturated heterocycles. The number of alkyl halides is 3. The second-order valence-corrected chi connectivity index (χ2v) is 5.37. The van der Waals surface area contributed by atoms with Gasteiger partial charge in [0.15, 0.2) is 0 Å². The molecule has 110 valence electrons. The zero-order valence-corrected chi connectivity index (χ0v) is 11.9. The van der Waals surface area contributed by atoms with E-state index in [4.69, 9.17) is 11.6 Å². The molecule has 1 amide bonds. The van der Waals surface area contributed by atoms with Gasteiger partial charge in [0.1, 0.15) is 0 Å². The molecule has 1 aromatic heterocycles. The average Bonchev–Trinajstić information content (AvgIpc) is 2.40. The molecule has 1 heterocycles. The predicted octanol–water partition coefficient (Wildman–Crippen LogP) is 4.60. The molecule has 2 aromatic rings. The number of para-hydroxylation sites is 1. The fraction of sp³-hybridized carbons (Fsp3) is 0.0769. The highest BCUT2D eigenvalue weighted by atomic mass is 35.5. The zero-order chi connectivity index (χ0) is 15.5. The first-order valence-corrected chi connectivity index (χ1v) is 6.82. The maximum Gasteiger partial charge on any atom is 0.446 e. The first-order chi connectivity index (χ1) is 9.87. The molecule has 2 rings (SSSR count). The van der Waals surface area contributed by atoms with Gasteiger partial charge in [-0.1, -0.05) is 23.7 Å². The molecule has 0 unspecified atom stereocenters. The molecular formula is C13H8ClF3N2OS. The third kappa shape index (κ3) is 4.37. The van der Waals surface area contributed by atoms with Crippen LogP contribution >= 0.6 is 23.4 Å². The summed E-state index contributed by atoms with van der Waals surface area (Å²) in [5.74, 6) is -0.599. The molecule has 0 bridgehead atoms. The van der Waals surface area contributed by atoms with Gasteiger partial charge in [-0.15, -0.1) is 0 Å². The smallest absolute Gasteiger partial charge is 0.321 e. The molecule has 0 fully saturated rings. The summed E-state index contributed by atoms with van der Waals surface area (Å²) < 4.78 is 37.4. The van der Waals surface area contributed by atoms with Gasteiger partial charge in [-0.2, -0.15) is 13.2 Å². The highest BCUT2D eigenvalue weighted by Gasteiger charge is 2.30. The first-order valence-electron chi connectivity index (χ1n) is 5.62. The Kier molecular flexibility index (Phi) is 4.74. The van der Waals surface area contributed by atoms with Crippen LogP contribution in [0.25, 0.3) is 0 Å². The lowest BCUT2D eigenvalue weighted by atomic mass is 10.2.